The molecule has 1 unspecified atom stereocenters. The Balaban J connectivity index is 2.00. The van der Waals surface area contributed by atoms with Crippen molar-refractivity contribution in [3.63, 3.8) is 0 Å². The van der Waals surface area contributed by atoms with E-state index < -0.39 is 0 Å². The molecule has 0 amide bonds. The van der Waals surface area contributed by atoms with Gasteiger partial charge in [-0.3, -0.25) is 4.90 Å². The van der Waals surface area contributed by atoms with Crippen LogP contribution in [0.5, 0.6) is 0 Å². The molecule has 1 aromatic carbocycles. The van der Waals surface area contributed by atoms with Crippen molar-refractivity contribution in [2.75, 3.05) is 27.2 Å². The van der Waals surface area contributed by atoms with Gasteiger partial charge in [0.2, 0.25) is 0 Å². The first-order valence-electron chi connectivity index (χ1n) is 6.96. The number of nitrogens with two attached hydrogens (primary N) is 1. The summed E-state index contributed by atoms with van der Waals surface area (Å²) in [5, 5.41) is 0. The van der Waals surface area contributed by atoms with Gasteiger partial charge in [0.05, 0.1) is 0 Å². The Bertz CT molecular complexity index is 420. The second-order valence-electron chi connectivity index (χ2n) is 5.62. The zero-order valence-electron chi connectivity index (χ0n) is 11.9. The van der Waals surface area contributed by atoms with E-state index in [0.29, 0.717) is 11.6 Å². The fourth-order valence-electron chi connectivity index (χ4n) is 2.74. The predicted molar refractivity (Wildman–Crippen MR) is 76.3 cm³/mol. The lowest BCUT2D eigenvalue weighted by Gasteiger charge is -2.36. The number of halogens is 1. The molecule has 19 heavy (non-hydrogen) atoms. The SMILES string of the molecule is CN(C)C1CCCN(Cc2ccc(F)c(CN)c2)C1. The molecular weight excluding hydrogens is 241 g/mol. The van der Waals surface area contributed by atoms with Gasteiger partial charge >= 0.3 is 0 Å². The summed E-state index contributed by atoms with van der Waals surface area (Å²) >= 11 is 0. The molecule has 1 aliphatic rings. The summed E-state index contributed by atoms with van der Waals surface area (Å²) in [5.41, 5.74) is 7.32. The maximum Gasteiger partial charge on any atom is 0.127 e. The highest BCUT2D eigenvalue weighted by Gasteiger charge is 2.21. The Morgan fingerprint density at radius 2 is 2.21 bits per heavy atom. The quantitative estimate of drug-likeness (QED) is 0.901. The first-order chi connectivity index (χ1) is 9.10. The Morgan fingerprint density at radius 1 is 1.42 bits per heavy atom. The molecule has 2 N–H and O–H groups in total. The first-order valence-corrected chi connectivity index (χ1v) is 6.96. The van der Waals surface area contributed by atoms with Crippen LogP contribution >= 0.6 is 0 Å². The van der Waals surface area contributed by atoms with Crippen molar-refractivity contribution in [3.8, 4) is 0 Å². The van der Waals surface area contributed by atoms with Gasteiger partial charge < -0.3 is 10.6 Å². The van der Waals surface area contributed by atoms with E-state index in [1.807, 2.05) is 12.1 Å². The molecule has 1 atom stereocenters. The molecular formula is C15H24FN3. The maximum atomic E-state index is 13.4. The average Bonchev–Trinajstić information content (AvgIpc) is 2.41. The monoisotopic (exact) mass is 265 g/mol. The minimum atomic E-state index is -0.198. The van der Waals surface area contributed by atoms with Crippen molar-refractivity contribution in [2.45, 2.75) is 32.0 Å². The molecule has 0 aliphatic carbocycles. The zero-order valence-corrected chi connectivity index (χ0v) is 11.9. The van der Waals surface area contributed by atoms with Gasteiger partial charge in [0, 0.05) is 31.2 Å². The van der Waals surface area contributed by atoms with E-state index in [9.17, 15) is 4.39 Å². The van der Waals surface area contributed by atoms with Crippen molar-refractivity contribution in [1.82, 2.24) is 9.80 Å². The van der Waals surface area contributed by atoms with Crippen LogP contribution in [0.25, 0.3) is 0 Å². The molecule has 0 bridgehead atoms. The minimum Gasteiger partial charge on any atom is -0.326 e. The van der Waals surface area contributed by atoms with Crippen molar-refractivity contribution in [3.05, 3.63) is 35.1 Å². The standard InChI is InChI=1S/C15H24FN3/c1-18(2)14-4-3-7-19(11-14)10-12-5-6-15(16)13(8-12)9-17/h5-6,8,14H,3-4,7,9-11,17H2,1-2H3. The lowest BCUT2D eigenvalue weighted by molar-refractivity contribution is 0.128. The van der Waals surface area contributed by atoms with Crippen LogP contribution in [0.3, 0.4) is 0 Å². The number of nitrogens with zero attached hydrogens (tertiary/aromatic N) is 2. The molecule has 0 radical (unpaired) electrons. The third kappa shape index (κ3) is 3.75. The van der Waals surface area contributed by atoms with Crippen molar-refractivity contribution in [2.24, 2.45) is 5.73 Å². The topological polar surface area (TPSA) is 32.5 Å². The zero-order chi connectivity index (χ0) is 13.8. The van der Waals surface area contributed by atoms with Crippen LogP contribution in [-0.4, -0.2) is 43.0 Å². The number of likely N-dealkylation sites (tertiary alicyclic amines) is 1. The summed E-state index contributed by atoms with van der Waals surface area (Å²) in [6.07, 6.45) is 2.49. The number of likely N-dealkylation sites (N-methyl/N-ethyl adjacent to an activating group) is 1. The highest BCUT2D eigenvalue weighted by molar-refractivity contribution is 5.25. The Hall–Kier alpha value is -0.970. The molecule has 2 rings (SSSR count). The smallest absolute Gasteiger partial charge is 0.127 e. The van der Waals surface area contributed by atoms with Crippen LogP contribution in [0, 0.1) is 5.82 Å². The van der Waals surface area contributed by atoms with Crippen LogP contribution in [0.4, 0.5) is 4.39 Å². The van der Waals surface area contributed by atoms with Gasteiger partial charge in [-0.2, -0.15) is 0 Å². The van der Waals surface area contributed by atoms with E-state index >= 15 is 0 Å². The van der Waals surface area contributed by atoms with Crippen LogP contribution in [-0.2, 0) is 13.1 Å². The Labute approximate surface area is 115 Å². The average molecular weight is 265 g/mol. The van der Waals surface area contributed by atoms with E-state index in [1.165, 1.54) is 18.9 Å². The molecule has 1 aromatic rings. The van der Waals surface area contributed by atoms with Crippen molar-refractivity contribution >= 4 is 0 Å². The first kappa shape index (κ1) is 14.4. The second kappa shape index (κ2) is 6.46. The van der Waals surface area contributed by atoms with Gasteiger partial charge in [0.15, 0.2) is 0 Å². The van der Waals surface area contributed by atoms with Gasteiger partial charge in [0.25, 0.3) is 0 Å². The fourth-order valence-corrected chi connectivity index (χ4v) is 2.74. The molecule has 106 valence electrons. The van der Waals surface area contributed by atoms with Gasteiger partial charge in [-0.1, -0.05) is 12.1 Å². The predicted octanol–water partition coefficient (Wildman–Crippen LogP) is 1.81. The molecule has 0 saturated carbocycles. The number of piperidine rings is 1. The lowest BCUT2D eigenvalue weighted by Crippen LogP contribution is -2.44. The normalized spacial score (nSPS) is 21.0. The minimum absolute atomic E-state index is 0.198. The van der Waals surface area contributed by atoms with E-state index in [0.717, 1.165) is 25.2 Å². The summed E-state index contributed by atoms with van der Waals surface area (Å²) < 4.78 is 13.4. The van der Waals surface area contributed by atoms with Gasteiger partial charge in [0.1, 0.15) is 5.82 Å². The fraction of sp³-hybridized carbons (Fsp3) is 0.600. The van der Waals surface area contributed by atoms with Gasteiger partial charge in [-0.25, -0.2) is 4.39 Å². The molecule has 3 nitrogen and oxygen atoms in total. The lowest BCUT2D eigenvalue weighted by atomic mass is 10.0. The largest absolute Gasteiger partial charge is 0.326 e. The van der Waals surface area contributed by atoms with Gasteiger partial charge in [-0.15, -0.1) is 0 Å². The number of hydrogen-bond acceptors (Lipinski definition) is 3. The molecule has 0 spiro atoms. The number of rotatable bonds is 4. The Kier molecular flexibility index (Phi) is 4.91. The summed E-state index contributed by atoms with van der Waals surface area (Å²) in [6.45, 7) is 3.36. The second-order valence-corrected chi connectivity index (χ2v) is 5.62. The van der Waals surface area contributed by atoms with Crippen molar-refractivity contribution in [1.29, 1.82) is 0 Å². The highest BCUT2D eigenvalue weighted by atomic mass is 19.1. The van der Waals surface area contributed by atoms with E-state index in [2.05, 4.69) is 23.9 Å². The summed E-state index contributed by atoms with van der Waals surface area (Å²) in [5.74, 6) is -0.198. The van der Waals surface area contributed by atoms with E-state index in [4.69, 9.17) is 5.73 Å². The van der Waals surface area contributed by atoms with E-state index in [1.54, 1.807) is 0 Å². The van der Waals surface area contributed by atoms with Crippen LogP contribution in [0.2, 0.25) is 0 Å². The highest BCUT2D eigenvalue weighted by Crippen LogP contribution is 2.18. The van der Waals surface area contributed by atoms with Crippen LogP contribution in [0.15, 0.2) is 18.2 Å². The third-order valence-electron chi connectivity index (χ3n) is 3.95. The van der Waals surface area contributed by atoms with Crippen LogP contribution < -0.4 is 5.73 Å². The number of hydrogen-bond donors (Lipinski definition) is 1. The van der Waals surface area contributed by atoms with Crippen LogP contribution in [0.1, 0.15) is 24.0 Å². The molecule has 1 saturated heterocycles. The summed E-state index contributed by atoms with van der Waals surface area (Å²) in [4.78, 5) is 4.74. The molecule has 1 heterocycles. The van der Waals surface area contributed by atoms with Crippen molar-refractivity contribution < 1.29 is 4.39 Å². The van der Waals surface area contributed by atoms with Gasteiger partial charge in [-0.05, 0) is 45.1 Å². The number of benzene rings is 1. The molecule has 4 heteroatoms. The Morgan fingerprint density at radius 3 is 2.89 bits per heavy atom. The summed E-state index contributed by atoms with van der Waals surface area (Å²) in [7, 11) is 4.27. The van der Waals surface area contributed by atoms with E-state index in [-0.39, 0.29) is 12.4 Å². The third-order valence-corrected chi connectivity index (χ3v) is 3.95. The molecule has 1 fully saturated rings. The molecule has 0 aromatic heterocycles. The maximum absolute atomic E-state index is 13.4. The molecule has 1 aliphatic heterocycles. The summed E-state index contributed by atoms with van der Waals surface area (Å²) in [6, 6.07) is 5.93.